The van der Waals surface area contributed by atoms with Crippen LogP contribution < -0.4 is 11.1 Å². The maximum atomic E-state index is 6.62. The normalized spacial score (nSPS) is 14.7. The van der Waals surface area contributed by atoms with Crippen LogP contribution in [0.15, 0.2) is 179 Å². The highest BCUT2D eigenvalue weighted by molar-refractivity contribution is 7.26. The van der Waals surface area contributed by atoms with Gasteiger partial charge in [-0.25, -0.2) is 15.0 Å². The summed E-state index contributed by atoms with van der Waals surface area (Å²) in [5.41, 5.74) is 12.9. The molecule has 0 aliphatic carbocycles. The summed E-state index contributed by atoms with van der Waals surface area (Å²) in [6, 6.07) is 57.5. The highest BCUT2D eigenvalue weighted by atomic mass is 32.1. The van der Waals surface area contributed by atoms with E-state index in [1.165, 1.54) is 55.5 Å². The SMILES string of the molecule is NC(=Nc1c(Cc2ccc3sc4cccc(C5=NC(c6ccccc6)N=C(c6cccc7c6sc6ccccc67)N5)c4c3c2)sc2ccccc12)c1ccccc1. The van der Waals surface area contributed by atoms with Crippen LogP contribution in [0.5, 0.6) is 0 Å². The first kappa shape index (κ1) is 33.9. The quantitative estimate of drug-likeness (QED) is 0.125. The van der Waals surface area contributed by atoms with Gasteiger partial charge in [0.25, 0.3) is 0 Å². The van der Waals surface area contributed by atoms with Gasteiger partial charge in [-0.2, -0.15) is 0 Å². The molecule has 7 aromatic carbocycles. The Morgan fingerprint density at radius 1 is 0.561 bits per heavy atom. The van der Waals surface area contributed by atoms with Crippen molar-refractivity contribution in [2.75, 3.05) is 0 Å². The molecule has 0 bridgehead atoms. The van der Waals surface area contributed by atoms with Crippen molar-refractivity contribution in [2.45, 2.75) is 12.6 Å². The third-order valence-electron chi connectivity index (χ3n) is 10.6. The number of nitrogens with one attached hydrogen (secondary N) is 1. The van der Waals surface area contributed by atoms with Crippen molar-refractivity contribution in [1.82, 2.24) is 5.32 Å². The van der Waals surface area contributed by atoms with Gasteiger partial charge in [0.1, 0.15) is 17.5 Å². The third kappa shape index (κ3) is 6.01. The number of hydrogen-bond acceptors (Lipinski definition) is 7. The van der Waals surface area contributed by atoms with Crippen molar-refractivity contribution in [3.63, 3.8) is 0 Å². The fourth-order valence-corrected chi connectivity index (χ4v) is 11.4. The summed E-state index contributed by atoms with van der Waals surface area (Å²) in [6.45, 7) is 0. The zero-order chi connectivity index (χ0) is 37.9. The van der Waals surface area contributed by atoms with E-state index in [0.717, 1.165) is 51.4 Å². The van der Waals surface area contributed by atoms with Crippen molar-refractivity contribution in [1.29, 1.82) is 0 Å². The molecule has 11 rings (SSSR count). The molecule has 1 unspecified atom stereocenters. The van der Waals surface area contributed by atoms with Crippen LogP contribution in [0.3, 0.4) is 0 Å². The molecule has 0 spiro atoms. The number of aliphatic imine (C=N–C) groups is 3. The summed E-state index contributed by atoms with van der Waals surface area (Å²) in [6.07, 6.45) is 0.342. The Labute approximate surface area is 340 Å². The molecular formula is C49H33N5S3. The van der Waals surface area contributed by atoms with Gasteiger partial charge in [-0.1, -0.05) is 127 Å². The molecule has 0 radical (unpaired) electrons. The molecule has 4 heterocycles. The van der Waals surface area contributed by atoms with Crippen LogP contribution in [0.25, 0.3) is 50.4 Å². The summed E-state index contributed by atoms with van der Waals surface area (Å²) in [7, 11) is 0. The van der Waals surface area contributed by atoms with Gasteiger partial charge >= 0.3 is 0 Å². The number of fused-ring (bicyclic) bond motifs is 7. The molecule has 272 valence electrons. The Morgan fingerprint density at radius 2 is 1.19 bits per heavy atom. The van der Waals surface area contributed by atoms with E-state index in [2.05, 4.69) is 133 Å². The fourth-order valence-electron chi connectivity index (χ4n) is 7.92. The zero-order valence-corrected chi connectivity index (χ0v) is 33.0. The van der Waals surface area contributed by atoms with Gasteiger partial charge in [0.2, 0.25) is 0 Å². The molecule has 1 aliphatic heterocycles. The highest BCUT2D eigenvalue weighted by Gasteiger charge is 2.25. The first-order valence-electron chi connectivity index (χ1n) is 18.9. The van der Waals surface area contributed by atoms with Crippen LogP contribution in [-0.4, -0.2) is 17.5 Å². The Hall–Kier alpha value is -6.45. The molecule has 3 N–H and O–H groups in total. The lowest BCUT2D eigenvalue weighted by Gasteiger charge is -2.23. The van der Waals surface area contributed by atoms with Crippen LogP contribution in [-0.2, 0) is 6.42 Å². The maximum Gasteiger partial charge on any atom is 0.169 e. The van der Waals surface area contributed by atoms with E-state index in [-0.39, 0.29) is 0 Å². The lowest BCUT2D eigenvalue weighted by molar-refractivity contribution is 0.756. The van der Waals surface area contributed by atoms with Gasteiger partial charge in [-0.15, -0.1) is 34.0 Å². The Balaban J connectivity index is 1.03. The number of rotatable bonds is 7. The summed E-state index contributed by atoms with van der Waals surface area (Å²) in [5, 5.41) is 9.81. The van der Waals surface area contributed by atoms with Crippen LogP contribution >= 0.6 is 34.0 Å². The van der Waals surface area contributed by atoms with Crippen molar-refractivity contribution in [3.8, 4) is 0 Å². The van der Waals surface area contributed by atoms with Crippen LogP contribution in [0.4, 0.5) is 5.69 Å². The standard InChI is InChI=1S/C49H33N5S3/c50-46(30-13-3-1-4-14-30)51-44-34-18-8-10-23-39(34)56-42(44)28-29-25-26-40-37(27-29)43-35(20-12-24-41(43)55-40)48-52-47(31-15-5-2-6-16-31)53-49(54-48)36-21-11-19-33-32-17-7-9-22-38(32)57-45(33)36/h1-27,47H,28H2,(H2,50,51)(H,52,53,54). The lowest BCUT2D eigenvalue weighted by atomic mass is 10.0. The average Bonchev–Trinajstić information content (AvgIpc) is 3.95. The average molecular weight is 788 g/mol. The van der Waals surface area contributed by atoms with Gasteiger partial charge in [-0.05, 0) is 47.5 Å². The molecule has 1 atom stereocenters. The smallest absolute Gasteiger partial charge is 0.169 e. The molecule has 0 fully saturated rings. The lowest BCUT2D eigenvalue weighted by Crippen LogP contribution is -2.36. The summed E-state index contributed by atoms with van der Waals surface area (Å²) in [4.78, 5) is 16.9. The molecule has 0 saturated heterocycles. The van der Waals surface area contributed by atoms with Gasteiger partial charge in [0, 0.05) is 78.4 Å². The third-order valence-corrected chi connectivity index (χ3v) is 14.1. The van der Waals surface area contributed by atoms with Crippen molar-refractivity contribution in [3.05, 3.63) is 196 Å². The second-order valence-corrected chi connectivity index (χ2v) is 17.4. The van der Waals surface area contributed by atoms with Crippen LogP contribution in [0, 0.1) is 0 Å². The topological polar surface area (TPSA) is 75.1 Å². The van der Waals surface area contributed by atoms with E-state index >= 15 is 0 Å². The first-order valence-corrected chi connectivity index (χ1v) is 21.3. The number of amidine groups is 3. The Kier molecular flexibility index (Phi) is 8.28. The molecule has 1 aliphatic rings. The predicted octanol–water partition coefficient (Wildman–Crippen LogP) is 12.8. The van der Waals surface area contributed by atoms with Crippen molar-refractivity contribution in [2.24, 2.45) is 20.7 Å². The molecule has 0 amide bonds. The van der Waals surface area contributed by atoms with Gasteiger partial charge < -0.3 is 11.1 Å². The zero-order valence-electron chi connectivity index (χ0n) is 30.5. The molecule has 5 nitrogen and oxygen atoms in total. The van der Waals surface area contributed by atoms with Crippen LogP contribution in [0.1, 0.15) is 38.9 Å². The largest absolute Gasteiger partial charge is 0.383 e. The Morgan fingerprint density at radius 3 is 2.02 bits per heavy atom. The van der Waals surface area contributed by atoms with Crippen LogP contribution in [0.2, 0.25) is 0 Å². The number of nitrogens with zero attached hydrogens (tertiary/aromatic N) is 3. The summed E-state index contributed by atoms with van der Waals surface area (Å²) < 4.78 is 6.15. The van der Waals surface area contributed by atoms with E-state index in [1.807, 2.05) is 59.1 Å². The van der Waals surface area contributed by atoms with E-state index < -0.39 is 6.17 Å². The second kappa shape index (κ2) is 13.9. The molecule has 8 heteroatoms. The molecule has 10 aromatic rings. The molecule has 3 aromatic heterocycles. The minimum Gasteiger partial charge on any atom is -0.383 e. The highest BCUT2D eigenvalue weighted by Crippen LogP contribution is 2.42. The second-order valence-electron chi connectivity index (χ2n) is 14.2. The minimum absolute atomic E-state index is 0.395. The molecule has 0 saturated carbocycles. The summed E-state index contributed by atoms with van der Waals surface area (Å²) in [5.74, 6) is 2.17. The molecule has 57 heavy (non-hydrogen) atoms. The van der Waals surface area contributed by atoms with E-state index in [1.54, 1.807) is 11.3 Å². The molecular weight excluding hydrogens is 755 g/mol. The Bertz CT molecular complexity index is 3260. The van der Waals surface area contributed by atoms with Gasteiger partial charge in [-0.3, -0.25) is 0 Å². The minimum atomic E-state index is -0.395. The number of benzene rings is 7. The van der Waals surface area contributed by atoms with Gasteiger partial charge in [0.15, 0.2) is 6.17 Å². The fraction of sp³-hybridized carbons (Fsp3) is 0.0408. The maximum absolute atomic E-state index is 6.62. The van der Waals surface area contributed by atoms with Crippen molar-refractivity contribution >= 4 is 108 Å². The first-order chi connectivity index (χ1) is 28.1. The number of hydrogen-bond donors (Lipinski definition) is 2. The monoisotopic (exact) mass is 787 g/mol. The number of thiophene rings is 3. The summed E-state index contributed by atoms with van der Waals surface area (Å²) >= 11 is 5.42. The van der Waals surface area contributed by atoms with Gasteiger partial charge in [0.05, 0.1) is 5.69 Å². The van der Waals surface area contributed by atoms with E-state index in [9.17, 15) is 0 Å². The number of nitrogens with two attached hydrogens (primary N) is 1. The van der Waals surface area contributed by atoms with E-state index in [4.69, 9.17) is 20.7 Å². The van der Waals surface area contributed by atoms with Crippen molar-refractivity contribution < 1.29 is 0 Å². The predicted molar refractivity (Wildman–Crippen MR) is 246 cm³/mol. The van der Waals surface area contributed by atoms with E-state index in [0.29, 0.717) is 5.84 Å².